The average molecular weight is 288 g/mol. The van der Waals surface area contributed by atoms with Crippen LogP contribution in [-0.4, -0.2) is 19.6 Å². The van der Waals surface area contributed by atoms with E-state index in [4.69, 9.17) is 10.5 Å². The van der Waals surface area contributed by atoms with Crippen molar-refractivity contribution in [3.05, 3.63) is 53.8 Å². The summed E-state index contributed by atoms with van der Waals surface area (Å²) in [6.07, 6.45) is 0. The summed E-state index contributed by atoms with van der Waals surface area (Å²) in [7, 11) is 1.45. The number of rotatable bonds is 4. The van der Waals surface area contributed by atoms with Gasteiger partial charge in [-0.3, -0.25) is 4.79 Å². The Hall–Kier alpha value is -2.56. The highest BCUT2D eigenvalue weighted by Crippen LogP contribution is 2.29. The average Bonchev–Trinajstić information content (AvgIpc) is 2.49. The number of carbonyl (C=O) groups is 1. The normalized spacial score (nSPS) is 10.2. The summed E-state index contributed by atoms with van der Waals surface area (Å²) < 4.78 is 19.1. The van der Waals surface area contributed by atoms with Crippen molar-refractivity contribution in [2.45, 2.75) is 6.92 Å². The molecule has 0 heterocycles. The molecule has 2 aromatic rings. The highest BCUT2D eigenvalue weighted by atomic mass is 19.1. The molecule has 2 rings (SSSR count). The molecule has 0 aromatic heterocycles. The van der Waals surface area contributed by atoms with E-state index in [-0.39, 0.29) is 11.6 Å². The van der Waals surface area contributed by atoms with Crippen LogP contribution in [0.15, 0.2) is 42.5 Å². The van der Waals surface area contributed by atoms with E-state index in [1.807, 2.05) is 0 Å². The van der Waals surface area contributed by atoms with Gasteiger partial charge < -0.3 is 15.4 Å². The zero-order chi connectivity index (χ0) is 15.4. The van der Waals surface area contributed by atoms with Gasteiger partial charge in [-0.15, -0.1) is 0 Å². The first-order valence-electron chi connectivity index (χ1n) is 6.59. The van der Waals surface area contributed by atoms with Gasteiger partial charge in [-0.1, -0.05) is 18.2 Å². The number of hydrogen-bond donors (Lipinski definition) is 1. The summed E-state index contributed by atoms with van der Waals surface area (Å²) in [4.78, 5) is 14.0. The zero-order valence-corrected chi connectivity index (χ0v) is 12.0. The number of anilines is 2. The van der Waals surface area contributed by atoms with Gasteiger partial charge in [-0.25, -0.2) is 4.39 Å². The molecule has 0 bridgehead atoms. The Balaban J connectivity index is 2.47. The molecule has 0 saturated heterocycles. The van der Waals surface area contributed by atoms with Crippen LogP contribution < -0.4 is 15.4 Å². The maximum Gasteiger partial charge on any atom is 0.262 e. The first-order valence-corrected chi connectivity index (χ1v) is 6.59. The Bertz CT molecular complexity index is 658. The SMILES string of the molecule is CCN(C(=O)c1cccc(N)c1OC)c1ccccc1F. The third-order valence-electron chi connectivity index (χ3n) is 3.18. The minimum atomic E-state index is -0.449. The Morgan fingerprint density at radius 3 is 2.57 bits per heavy atom. The van der Waals surface area contributed by atoms with E-state index < -0.39 is 5.82 Å². The molecule has 0 fully saturated rings. The van der Waals surface area contributed by atoms with Crippen molar-refractivity contribution in [2.75, 3.05) is 24.3 Å². The number of nitrogens with two attached hydrogens (primary N) is 1. The molecule has 0 unspecified atom stereocenters. The summed E-state index contributed by atoms with van der Waals surface area (Å²) in [5.74, 6) is -0.500. The van der Waals surface area contributed by atoms with Gasteiger partial charge in [0.05, 0.1) is 24.0 Å². The standard InChI is InChI=1S/C16H17FN2O2/c1-3-19(14-10-5-4-8-12(14)17)16(20)11-7-6-9-13(18)15(11)21-2/h4-10H,3,18H2,1-2H3. The first-order chi connectivity index (χ1) is 10.1. The first kappa shape index (κ1) is 14.8. The summed E-state index contributed by atoms with van der Waals surface area (Å²) in [6.45, 7) is 2.11. The third-order valence-corrected chi connectivity index (χ3v) is 3.18. The van der Waals surface area contributed by atoms with E-state index in [1.54, 1.807) is 43.3 Å². The number of methoxy groups -OCH3 is 1. The third kappa shape index (κ3) is 2.81. The number of para-hydroxylation sites is 2. The van der Waals surface area contributed by atoms with Gasteiger partial charge in [-0.2, -0.15) is 0 Å². The molecule has 1 amide bonds. The number of nitrogens with zero attached hydrogens (tertiary/aromatic N) is 1. The van der Waals surface area contributed by atoms with Gasteiger partial charge in [0.2, 0.25) is 0 Å². The number of ether oxygens (including phenoxy) is 1. The quantitative estimate of drug-likeness (QED) is 0.880. The van der Waals surface area contributed by atoms with Gasteiger partial charge in [0.1, 0.15) is 5.82 Å². The fraction of sp³-hybridized carbons (Fsp3) is 0.188. The predicted octanol–water partition coefficient (Wildman–Crippen LogP) is 3.08. The Morgan fingerprint density at radius 1 is 1.24 bits per heavy atom. The Labute approximate surface area is 122 Å². The van der Waals surface area contributed by atoms with Crippen LogP contribution in [0.25, 0.3) is 0 Å². The van der Waals surface area contributed by atoms with Crippen LogP contribution in [0.2, 0.25) is 0 Å². The second kappa shape index (κ2) is 6.26. The van der Waals surface area contributed by atoms with Crippen molar-refractivity contribution in [1.29, 1.82) is 0 Å². The van der Waals surface area contributed by atoms with Crippen LogP contribution in [-0.2, 0) is 0 Å². The molecule has 0 aliphatic heterocycles. The number of nitrogen functional groups attached to an aromatic ring is 1. The summed E-state index contributed by atoms with van der Waals surface area (Å²) in [5.41, 5.74) is 6.72. The van der Waals surface area contributed by atoms with Gasteiger partial charge in [0.25, 0.3) is 5.91 Å². The molecule has 0 aliphatic carbocycles. The topological polar surface area (TPSA) is 55.6 Å². The molecule has 0 aliphatic rings. The largest absolute Gasteiger partial charge is 0.494 e. The van der Waals surface area contributed by atoms with Crippen LogP contribution in [0.3, 0.4) is 0 Å². The molecule has 5 heteroatoms. The molecule has 4 nitrogen and oxygen atoms in total. The lowest BCUT2D eigenvalue weighted by Crippen LogP contribution is -2.31. The smallest absolute Gasteiger partial charge is 0.262 e. The number of amides is 1. The number of halogens is 1. The number of carbonyl (C=O) groups excluding carboxylic acids is 1. The van der Waals surface area contributed by atoms with E-state index in [2.05, 4.69) is 0 Å². The Kier molecular flexibility index (Phi) is 4.42. The molecule has 0 atom stereocenters. The summed E-state index contributed by atoms with van der Waals surface area (Å²) >= 11 is 0. The summed E-state index contributed by atoms with van der Waals surface area (Å²) in [6, 6.07) is 11.1. The highest BCUT2D eigenvalue weighted by Gasteiger charge is 2.22. The maximum atomic E-state index is 13.9. The lowest BCUT2D eigenvalue weighted by Gasteiger charge is -2.23. The van der Waals surface area contributed by atoms with Gasteiger partial charge in [0, 0.05) is 6.54 Å². The van der Waals surface area contributed by atoms with Gasteiger partial charge in [0.15, 0.2) is 5.75 Å². The molecular weight excluding hydrogens is 271 g/mol. The van der Waals surface area contributed by atoms with Crippen LogP contribution in [0.5, 0.6) is 5.75 Å². The van der Waals surface area contributed by atoms with Crippen LogP contribution in [0, 0.1) is 5.82 Å². The highest BCUT2D eigenvalue weighted by molar-refractivity contribution is 6.08. The maximum absolute atomic E-state index is 13.9. The van der Waals surface area contributed by atoms with Crippen molar-refractivity contribution in [1.82, 2.24) is 0 Å². The minimum absolute atomic E-state index is 0.231. The van der Waals surface area contributed by atoms with E-state index in [0.29, 0.717) is 23.5 Å². The molecule has 21 heavy (non-hydrogen) atoms. The molecular formula is C16H17FN2O2. The van der Waals surface area contributed by atoms with Crippen molar-refractivity contribution in [3.63, 3.8) is 0 Å². The van der Waals surface area contributed by atoms with Crippen molar-refractivity contribution in [3.8, 4) is 5.75 Å². The minimum Gasteiger partial charge on any atom is -0.494 e. The molecule has 2 aromatic carbocycles. The van der Waals surface area contributed by atoms with E-state index in [1.165, 1.54) is 18.1 Å². The van der Waals surface area contributed by atoms with E-state index >= 15 is 0 Å². The molecule has 110 valence electrons. The second-order valence-corrected chi connectivity index (χ2v) is 4.43. The molecule has 0 saturated carbocycles. The van der Waals surface area contributed by atoms with Crippen LogP contribution >= 0.6 is 0 Å². The van der Waals surface area contributed by atoms with Gasteiger partial charge >= 0.3 is 0 Å². The zero-order valence-electron chi connectivity index (χ0n) is 12.0. The fourth-order valence-corrected chi connectivity index (χ4v) is 2.19. The molecule has 0 radical (unpaired) electrons. The summed E-state index contributed by atoms with van der Waals surface area (Å²) in [5, 5.41) is 0. The van der Waals surface area contributed by atoms with Crippen molar-refractivity contribution in [2.24, 2.45) is 0 Å². The van der Waals surface area contributed by atoms with E-state index in [9.17, 15) is 9.18 Å². The molecule has 0 spiro atoms. The lowest BCUT2D eigenvalue weighted by molar-refractivity contribution is 0.0984. The predicted molar refractivity (Wildman–Crippen MR) is 81.2 cm³/mol. The Morgan fingerprint density at radius 2 is 1.95 bits per heavy atom. The van der Waals surface area contributed by atoms with Crippen LogP contribution in [0.4, 0.5) is 15.8 Å². The lowest BCUT2D eigenvalue weighted by atomic mass is 10.1. The monoisotopic (exact) mass is 288 g/mol. The fourth-order valence-electron chi connectivity index (χ4n) is 2.19. The number of hydrogen-bond acceptors (Lipinski definition) is 3. The van der Waals surface area contributed by atoms with E-state index in [0.717, 1.165) is 0 Å². The van der Waals surface area contributed by atoms with Crippen molar-refractivity contribution < 1.29 is 13.9 Å². The van der Waals surface area contributed by atoms with Gasteiger partial charge in [-0.05, 0) is 31.2 Å². The molecule has 2 N–H and O–H groups in total. The number of benzene rings is 2. The second-order valence-electron chi connectivity index (χ2n) is 4.43. The van der Waals surface area contributed by atoms with Crippen LogP contribution in [0.1, 0.15) is 17.3 Å². The van der Waals surface area contributed by atoms with Crippen molar-refractivity contribution >= 4 is 17.3 Å².